The quantitative estimate of drug-likeness (QED) is 0.0596. The summed E-state index contributed by atoms with van der Waals surface area (Å²) < 4.78 is 21.6. The van der Waals surface area contributed by atoms with Crippen LogP contribution < -0.4 is 40.2 Å². The van der Waals surface area contributed by atoms with Crippen LogP contribution in [0.1, 0.15) is 62.5 Å². The van der Waals surface area contributed by atoms with Gasteiger partial charge in [-0.3, -0.25) is 0 Å². The first kappa shape index (κ1) is 38.4. The van der Waals surface area contributed by atoms with E-state index in [2.05, 4.69) is 21.3 Å². The molecular formula is C34H58N4O4S2. The summed E-state index contributed by atoms with van der Waals surface area (Å²) >= 11 is 0. The number of ether oxygens (including phenoxy) is 4. The van der Waals surface area contributed by atoms with Crippen molar-refractivity contribution in [3.8, 4) is 23.0 Å². The molecule has 0 bridgehead atoms. The number of hydrogen-bond donors (Lipinski definition) is 4. The van der Waals surface area contributed by atoms with Gasteiger partial charge >= 0.3 is 0 Å². The van der Waals surface area contributed by atoms with Gasteiger partial charge in [0.25, 0.3) is 0 Å². The number of nitrogens with one attached hydrogen (secondary N) is 4. The van der Waals surface area contributed by atoms with Crippen molar-refractivity contribution in [1.29, 1.82) is 0 Å². The minimum absolute atomic E-state index is 0.802. The second-order valence-corrected chi connectivity index (χ2v) is 13.4. The first-order valence-corrected chi connectivity index (χ1v) is 18.7. The second-order valence-electron chi connectivity index (χ2n) is 10.7. The minimum Gasteiger partial charge on any atom is -0.497 e. The number of rotatable bonds is 29. The van der Waals surface area contributed by atoms with E-state index in [1.165, 1.54) is 62.9 Å². The molecule has 4 N–H and O–H groups in total. The monoisotopic (exact) mass is 650 g/mol. The molecule has 44 heavy (non-hydrogen) atoms. The Labute approximate surface area is 275 Å². The normalized spacial score (nSPS) is 11.1. The zero-order valence-electron chi connectivity index (χ0n) is 27.6. The van der Waals surface area contributed by atoms with E-state index in [-0.39, 0.29) is 0 Å². The maximum absolute atomic E-state index is 5.45. The average Bonchev–Trinajstić information content (AvgIpc) is 3.06. The van der Waals surface area contributed by atoms with Gasteiger partial charge in [-0.1, -0.05) is 47.3 Å². The van der Waals surface area contributed by atoms with Crippen molar-refractivity contribution in [2.24, 2.45) is 0 Å². The molecule has 0 fully saturated rings. The lowest BCUT2D eigenvalue weighted by Gasteiger charge is -2.11. The van der Waals surface area contributed by atoms with Crippen molar-refractivity contribution in [2.75, 3.05) is 79.2 Å². The van der Waals surface area contributed by atoms with Gasteiger partial charge in [0.2, 0.25) is 0 Å². The molecule has 2 aromatic carbocycles. The molecule has 0 heterocycles. The first-order chi connectivity index (χ1) is 21.7. The van der Waals surface area contributed by atoms with Crippen molar-refractivity contribution in [1.82, 2.24) is 21.3 Å². The molecule has 0 spiro atoms. The predicted molar refractivity (Wildman–Crippen MR) is 190 cm³/mol. The third-order valence-electron chi connectivity index (χ3n) is 7.33. The number of hydrogen-bond acceptors (Lipinski definition) is 10. The molecule has 2 rings (SSSR count). The van der Waals surface area contributed by atoms with E-state index >= 15 is 0 Å². The molecule has 0 aliphatic carbocycles. The Hall–Kier alpha value is -1.82. The molecule has 0 aliphatic rings. The molecule has 0 aromatic heterocycles. The summed E-state index contributed by atoms with van der Waals surface area (Å²) in [6.07, 6.45) is 9.99. The van der Waals surface area contributed by atoms with Crippen LogP contribution in [0.5, 0.6) is 23.0 Å². The van der Waals surface area contributed by atoms with E-state index in [1.807, 2.05) is 58.0 Å². The number of benzene rings is 2. The van der Waals surface area contributed by atoms with Gasteiger partial charge in [0, 0.05) is 48.8 Å². The Kier molecular flexibility index (Phi) is 23.0. The molecule has 8 nitrogen and oxygen atoms in total. The Balaban J connectivity index is 1.27. The van der Waals surface area contributed by atoms with Crippen LogP contribution in [0.3, 0.4) is 0 Å². The van der Waals surface area contributed by atoms with E-state index in [4.69, 9.17) is 18.9 Å². The molecule has 0 saturated carbocycles. The standard InChI is InChI=1S/C34H58N4O4S2/c1-39-31-13-15-33(41-3)29(25-31)27-37-19-11-7-5-9-17-35-21-23-43-44-24-22-36-18-10-6-8-12-20-38-28-30-26-32(40-2)14-16-34(30)42-4/h13-16,25-26,35-38H,5-12,17-24,27-28H2,1-4H3. The van der Waals surface area contributed by atoms with Crippen LogP contribution in [0, 0.1) is 0 Å². The Morgan fingerprint density at radius 2 is 0.841 bits per heavy atom. The van der Waals surface area contributed by atoms with Gasteiger partial charge in [-0.25, -0.2) is 0 Å². The Morgan fingerprint density at radius 1 is 0.455 bits per heavy atom. The zero-order chi connectivity index (χ0) is 31.5. The van der Waals surface area contributed by atoms with Crippen molar-refractivity contribution < 1.29 is 18.9 Å². The van der Waals surface area contributed by atoms with Gasteiger partial charge in [-0.2, -0.15) is 0 Å². The maximum Gasteiger partial charge on any atom is 0.123 e. The molecule has 0 unspecified atom stereocenters. The Morgan fingerprint density at radius 3 is 1.20 bits per heavy atom. The molecule has 250 valence electrons. The fourth-order valence-electron chi connectivity index (χ4n) is 4.79. The molecule has 0 atom stereocenters. The lowest BCUT2D eigenvalue weighted by atomic mass is 10.1. The summed E-state index contributed by atoms with van der Waals surface area (Å²) in [5.74, 6) is 5.88. The van der Waals surface area contributed by atoms with Crippen LogP contribution in [0.4, 0.5) is 0 Å². The highest BCUT2D eigenvalue weighted by atomic mass is 33.1. The topological polar surface area (TPSA) is 85.0 Å². The third kappa shape index (κ3) is 17.6. The summed E-state index contributed by atoms with van der Waals surface area (Å²) in [4.78, 5) is 0. The molecule has 2 aromatic rings. The zero-order valence-corrected chi connectivity index (χ0v) is 29.3. The predicted octanol–water partition coefficient (Wildman–Crippen LogP) is 6.28. The van der Waals surface area contributed by atoms with Gasteiger partial charge in [0.05, 0.1) is 28.4 Å². The van der Waals surface area contributed by atoms with Crippen molar-refractivity contribution >= 4 is 21.6 Å². The average molecular weight is 651 g/mol. The van der Waals surface area contributed by atoms with E-state index in [0.29, 0.717) is 0 Å². The highest BCUT2D eigenvalue weighted by molar-refractivity contribution is 8.76. The van der Waals surface area contributed by atoms with Crippen LogP contribution in [0.25, 0.3) is 0 Å². The summed E-state index contributed by atoms with van der Waals surface area (Å²) in [5.41, 5.74) is 2.27. The van der Waals surface area contributed by atoms with Crippen LogP contribution >= 0.6 is 21.6 Å². The van der Waals surface area contributed by atoms with Crippen LogP contribution in [-0.4, -0.2) is 79.2 Å². The largest absolute Gasteiger partial charge is 0.497 e. The summed E-state index contributed by atoms with van der Waals surface area (Å²) in [5, 5.41) is 14.2. The maximum atomic E-state index is 5.45. The summed E-state index contributed by atoms with van der Waals surface area (Å²) in [6.45, 7) is 8.08. The van der Waals surface area contributed by atoms with E-state index < -0.39 is 0 Å². The lowest BCUT2D eigenvalue weighted by molar-refractivity contribution is 0.397. The fourth-order valence-corrected chi connectivity index (χ4v) is 6.69. The van der Waals surface area contributed by atoms with Crippen molar-refractivity contribution in [3.63, 3.8) is 0 Å². The molecule has 0 amide bonds. The number of methoxy groups -OCH3 is 4. The van der Waals surface area contributed by atoms with E-state index in [0.717, 1.165) is 86.5 Å². The Bertz CT molecular complexity index is 909. The molecular weight excluding hydrogens is 593 g/mol. The van der Waals surface area contributed by atoms with E-state index in [9.17, 15) is 0 Å². The molecule has 0 radical (unpaired) electrons. The summed E-state index contributed by atoms with van der Waals surface area (Å²) in [6, 6.07) is 11.9. The van der Waals surface area contributed by atoms with Crippen molar-refractivity contribution in [3.05, 3.63) is 47.5 Å². The highest BCUT2D eigenvalue weighted by Gasteiger charge is 2.06. The van der Waals surface area contributed by atoms with Crippen LogP contribution in [0.2, 0.25) is 0 Å². The first-order valence-electron chi connectivity index (χ1n) is 16.2. The molecule has 0 aliphatic heterocycles. The van der Waals surface area contributed by atoms with Gasteiger partial charge in [-0.15, -0.1) is 0 Å². The minimum atomic E-state index is 0.802. The van der Waals surface area contributed by atoms with Gasteiger partial charge < -0.3 is 40.2 Å². The van der Waals surface area contributed by atoms with Gasteiger partial charge in [0.1, 0.15) is 23.0 Å². The number of unbranched alkanes of at least 4 members (excludes halogenated alkanes) is 6. The van der Waals surface area contributed by atoms with Crippen LogP contribution in [0.15, 0.2) is 36.4 Å². The third-order valence-corrected chi connectivity index (χ3v) is 9.74. The fraction of sp³-hybridized carbons (Fsp3) is 0.647. The second kappa shape index (κ2) is 26.4. The van der Waals surface area contributed by atoms with Crippen molar-refractivity contribution in [2.45, 2.75) is 64.5 Å². The van der Waals surface area contributed by atoms with Crippen LogP contribution in [-0.2, 0) is 13.1 Å². The summed E-state index contributed by atoms with van der Waals surface area (Å²) in [7, 11) is 10.8. The van der Waals surface area contributed by atoms with Gasteiger partial charge in [-0.05, 0) is 88.3 Å². The van der Waals surface area contributed by atoms with E-state index in [1.54, 1.807) is 28.4 Å². The smallest absolute Gasteiger partial charge is 0.123 e. The highest BCUT2D eigenvalue weighted by Crippen LogP contribution is 2.25. The molecule has 10 heteroatoms. The lowest BCUT2D eigenvalue weighted by Crippen LogP contribution is -2.19. The molecule has 0 saturated heterocycles. The van der Waals surface area contributed by atoms with Gasteiger partial charge in [0.15, 0.2) is 0 Å². The SMILES string of the molecule is COc1ccc(OC)c(CNCCCCCCNCCSSCCNCCCCCCNCc2cc(OC)ccc2OC)c1.